The Bertz CT molecular complexity index is 673. The van der Waals surface area contributed by atoms with E-state index < -0.39 is 47.7 Å². The number of aliphatic hydroxyl groups is 1. The molecule has 4 aliphatic rings. The Balaban J connectivity index is 1.83. The van der Waals surface area contributed by atoms with Crippen LogP contribution in [-0.2, 0) is 28.5 Å². The molecule has 0 radical (unpaired) electrons. The minimum absolute atomic E-state index is 0.0195. The van der Waals surface area contributed by atoms with Gasteiger partial charge in [-0.15, -0.1) is 0 Å². The molecule has 0 amide bonds. The van der Waals surface area contributed by atoms with Gasteiger partial charge in [-0.2, -0.15) is 0 Å². The molecule has 3 aliphatic heterocycles. The summed E-state index contributed by atoms with van der Waals surface area (Å²) in [6.45, 7) is 1.73. The van der Waals surface area contributed by atoms with Crippen molar-refractivity contribution in [2.75, 3.05) is 7.11 Å². The summed E-state index contributed by atoms with van der Waals surface area (Å²) in [5.41, 5.74) is -0.558. The van der Waals surface area contributed by atoms with E-state index in [4.69, 9.17) is 18.9 Å². The number of methoxy groups -OCH3 is 1. The van der Waals surface area contributed by atoms with Crippen LogP contribution in [0.1, 0.15) is 6.92 Å². The van der Waals surface area contributed by atoms with Crippen molar-refractivity contribution in [3.05, 3.63) is 35.3 Å². The van der Waals surface area contributed by atoms with Crippen LogP contribution in [0.2, 0.25) is 0 Å². The highest BCUT2D eigenvalue weighted by Gasteiger charge is 2.71. The maximum Gasteiger partial charge on any atom is 0.344 e. The fraction of sp³-hybridized carbons (Fsp3) is 0.467. The molecule has 7 heteroatoms. The van der Waals surface area contributed by atoms with Crippen molar-refractivity contribution in [3.63, 3.8) is 0 Å². The lowest BCUT2D eigenvalue weighted by Crippen LogP contribution is -2.46. The van der Waals surface area contributed by atoms with Crippen molar-refractivity contribution >= 4 is 11.9 Å². The van der Waals surface area contributed by atoms with Crippen molar-refractivity contribution < 1.29 is 33.6 Å². The van der Waals surface area contributed by atoms with Gasteiger partial charge in [0, 0.05) is 5.92 Å². The third kappa shape index (κ3) is 1.34. The fourth-order valence-electron chi connectivity index (χ4n) is 3.82. The van der Waals surface area contributed by atoms with Crippen LogP contribution in [0.15, 0.2) is 35.3 Å². The summed E-state index contributed by atoms with van der Waals surface area (Å²) < 4.78 is 21.4. The van der Waals surface area contributed by atoms with E-state index in [1.807, 2.05) is 0 Å². The summed E-state index contributed by atoms with van der Waals surface area (Å²) >= 11 is 0. The van der Waals surface area contributed by atoms with Gasteiger partial charge in [0.1, 0.15) is 11.7 Å². The monoisotopic (exact) mass is 306 g/mol. The van der Waals surface area contributed by atoms with Gasteiger partial charge in [-0.25, -0.2) is 9.59 Å². The van der Waals surface area contributed by atoms with E-state index in [1.165, 1.54) is 7.11 Å². The van der Waals surface area contributed by atoms with Gasteiger partial charge in [-0.05, 0) is 13.0 Å². The van der Waals surface area contributed by atoms with Gasteiger partial charge in [0.15, 0.2) is 5.60 Å². The summed E-state index contributed by atoms with van der Waals surface area (Å²) in [6, 6.07) is 0. The molecule has 1 spiro atoms. The standard InChI is InChI=1S/C15H14O7/c1-3-6-10-15(22-11(6)16)5-4-7-8(12(17)19-2)13(18)21-14(20-10)9(7)15/h3-5,7,9-10,14,17H,1-2H3. The van der Waals surface area contributed by atoms with E-state index in [9.17, 15) is 14.7 Å². The Hall–Kier alpha value is -2.28. The van der Waals surface area contributed by atoms with E-state index in [-0.39, 0.29) is 5.57 Å². The van der Waals surface area contributed by atoms with E-state index in [0.717, 1.165) is 0 Å². The molecule has 1 aliphatic carbocycles. The lowest BCUT2D eigenvalue weighted by molar-refractivity contribution is -0.187. The molecular weight excluding hydrogens is 292 g/mol. The van der Waals surface area contributed by atoms with Crippen LogP contribution in [0.4, 0.5) is 0 Å². The molecule has 7 nitrogen and oxygen atoms in total. The predicted octanol–water partition coefficient (Wildman–Crippen LogP) is 0.728. The second-order valence-electron chi connectivity index (χ2n) is 5.61. The Morgan fingerprint density at radius 2 is 2.18 bits per heavy atom. The van der Waals surface area contributed by atoms with Crippen LogP contribution in [0.5, 0.6) is 0 Å². The second-order valence-corrected chi connectivity index (χ2v) is 5.61. The molecule has 3 heterocycles. The first kappa shape index (κ1) is 13.4. The zero-order valence-electron chi connectivity index (χ0n) is 11.9. The highest BCUT2D eigenvalue weighted by Crippen LogP contribution is 2.58. The molecule has 3 fully saturated rings. The van der Waals surface area contributed by atoms with Gasteiger partial charge in [-0.1, -0.05) is 12.2 Å². The predicted molar refractivity (Wildman–Crippen MR) is 70.1 cm³/mol. The largest absolute Gasteiger partial charge is 0.481 e. The first-order valence-corrected chi connectivity index (χ1v) is 6.96. The van der Waals surface area contributed by atoms with Crippen LogP contribution in [0.25, 0.3) is 0 Å². The summed E-state index contributed by atoms with van der Waals surface area (Å²) in [5, 5.41) is 9.84. The smallest absolute Gasteiger partial charge is 0.344 e. The van der Waals surface area contributed by atoms with Gasteiger partial charge in [0.2, 0.25) is 6.29 Å². The molecule has 5 atom stereocenters. The summed E-state index contributed by atoms with van der Waals surface area (Å²) in [4.78, 5) is 24.1. The lowest BCUT2D eigenvalue weighted by atomic mass is 9.78. The van der Waals surface area contributed by atoms with Crippen molar-refractivity contribution in [1.29, 1.82) is 0 Å². The number of carbonyl (C=O) groups excluding carboxylic acids is 2. The summed E-state index contributed by atoms with van der Waals surface area (Å²) in [6.07, 6.45) is 3.67. The molecule has 3 saturated heterocycles. The van der Waals surface area contributed by atoms with Crippen LogP contribution in [0, 0.1) is 11.8 Å². The van der Waals surface area contributed by atoms with Crippen LogP contribution in [-0.4, -0.2) is 42.1 Å². The molecule has 0 bridgehead atoms. The third-order valence-corrected chi connectivity index (χ3v) is 4.74. The summed E-state index contributed by atoms with van der Waals surface area (Å²) in [7, 11) is 1.26. The SMILES string of the molecule is CC=C1C(=O)OC23C=CC4C(=C(O)OC)C(=O)OC(OC12)C43. The zero-order chi connectivity index (χ0) is 15.6. The highest BCUT2D eigenvalue weighted by molar-refractivity contribution is 5.95. The Morgan fingerprint density at radius 1 is 1.41 bits per heavy atom. The van der Waals surface area contributed by atoms with E-state index >= 15 is 0 Å². The zero-order valence-corrected chi connectivity index (χ0v) is 11.9. The van der Waals surface area contributed by atoms with Gasteiger partial charge < -0.3 is 24.1 Å². The van der Waals surface area contributed by atoms with Gasteiger partial charge in [0.05, 0.1) is 18.6 Å². The van der Waals surface area contributed by atoms with E-state index in [1.54, 1.807) is 25.2 Å². The van der Waals surface area contributed by atoms with Gasteiger partial charge in [-0.3, -0.25) is 0 Å². The molecule has 1 N–H and O–H groups in total. The number of rotatable bonds is 1. The maximum absolute atomic E-state index is 12.1. The number of hydrogen-bond donors (Lipinski definition) is 1. The van der Waals surface area contributed by atoms with Crippen molar-refractivity contribution in [1.82, 2.24) is 0 Å². The van der Waals surface area contributed by atoms with Crippen molar-refractivity contribution in [2.45, 2.75) is 24.9 Å². The number of hydrogen-bond acceptors (Lipinski definition) is 7. The fourth-order valence-corrected chi connectivity index (χ4v) is 3.82. The molecule has 22 heavy (non-hydrogen) atoms. The number of aliphatic hydroxyl groups excluding tert-OH is 1. The summed E-state index contributed by atoms with van der Waals surface area (Å²) in [5.74, 6) is -2.53. The Kier molecular flexibility index (Phi) is 2.51. The number of esters is 2. The second kappa shape index (κ2) is 4.13. The van der Waals surface area contributed by atoms with E-state index in [2.05, 4.69) is 0 Å². The van der Waals surface area contributed by atoms with Crippen molar-refractivity contribution in [3.8, 4) is 0 Å². The molecular formula is C15H14O7. The number of carbonyl (C=O) groups is 2. The first-order chi connectivity index (χ1) is 10.5. The molecule has 0 aromatic heterocycles. The normalized spacial score (nSPS) is 45.5. The molecule has 5 unspecified atom stereocenters. The topological polar surface area (TPSA) is 91.3 Å². The third-order valence-electron chi connectivity index (χ3n) is 4.74. The Labute approximate surface area is 125 Å². The molecule has 0 aromatic carbocycles. The van der Waals surface area contributed by atoms with Crippen LogP contribution in [0.3, 0.4) is 0 Å². The molecule has 116 valence electrons. The van der Waals surface area contributed by atoms with E-state index in [0.29, 0.717) is 5.57 Å². The van der Waals surface area contributed by atoms with Crippen LogP contribution < -0.4 is 0 Å². The lowest BCUT2D eigenvalue weighted by Gasteiger charge is -2.33. The van der Waals surface area contributed by atoms with Gasteiger partial charge >= 0.3 is 11.9 Å². The molecule has 0 aromatic rings. The average Bonchev–Trinajstić information content (AvgIpc) is 3.07. The molecule has 4 rings (SSSR count). The maximum atomic E-state index is 12.1. The minimum atomic E-state index is -0.992. The number of allylic oxidation sites excluding steroid dienone is 2. The van der Waals surface area contributed by atoms with Gasteiger partial charge in [0.25, 0.3) is 5.95 Å². The number of ether oxygens (including phenoxy) is 4. The molecule has 0 saturated carbocycles. The first-order valence-electron chi connectivity index (χ1n) is 6.96. The minimum Gasteiger partial charge on any atom is -0.481 e. The highest BCUT2D eigenvalue weighted by atomic mass is 16.7. The van der Waals surface area contributed by atoms with Crippen LogP contribution >= 0.6 is 0 Å². The van der Waals surface area contributed by atoms with Crippen molar-refractivity contribution in [2.24, 2.45) is 11.8 Å². The Morgan fingerprint density at radius 3 is 2.86 bits per heavy atom. The quantitative estimate of drug-likeness (QED) is 0.330. The average molecular weight is 306 g/mol.